The largest absolute Gasteiger partial charge is 0.395 e. The maximum atomic E-state index is 4.64. The minimum atomic E-state index is 0.784. The van der Waals surface area contributed by atoms with E-state index in [1.807, 2.05) is 48.5 Å². The first-order valence-electron chi connectivity index (χ1n) is 5.05. The van der Waals surface area contributed by atoms with Gasteiger partial charge in [0.25, 0.3) is 0 Å². The van der Waals surface area contributed by atoms with E-state index in [1.54, 1.807) is 0 Å². The summed E-state index contributed by atoms with van der Waals surface area (Å²) in [6.45, 7) is 14.7. The predicted octanol–water partition coefficient (Wildman–Crippen LogP) is 3.86. The predicted molar refractivity (Wildman–Crippen MR) is 57.7 cm³/mol. The van der Waals surface area contributed by atoms with Crippen LogP contribution in [0, 0.1) is 0 Å². The normalized spacial score (nSPS) is 11.4. The Bertz CT molecular complexity index is 79.9. The maximum absolute atomic E-state index is 4.64. The van der Waals surface area contributed by atoms with E-state index in [4.69, 9.17) is 0 Å². The highest BCUT2D eigenvalue weighted by molar-refractivity contribution is 5.82. The number of hydrogen-bond acceptors (Lipinski definition) is 2. The van der Waals surface area contributed by atoms with Crippen molar-refractivity contribution in [3.05, 3.63) is 0 Å². The second-order valence-electron chi connectivity index (χ2n) is 1.41. The van der Waals surface area contributed by atoms with Crippen LogP contribution in [0.1, 0.15) is 54.9 Å². The van der Waals surface area contributed by atoms with Crippen LogP contribution in [-0.2, 0) is 4.84 Å². The Morgan fingerprint density at radius 1 is 1.00 bits per heavy atom. The van der Waals surface area contributed by atoms with Crippen molar-refractivity contribution >= 4 is 5.71 Å². The van der Waals surface area contributed by atoms with Crippen LogP contribution < -0.4 is 0 Å². The highest BCUT2D eigenvalue weighted by atomic mass is 16.6. The highest BCUT2D eigenvalue weighted by Crippen LogP contribution is 1.96. The smallest absolute Gasteiger partial charge is 0.122 e. The molecule has 2 nitrogen and oxygen atoms in total. The van der Waals surface area contributed by atoms with Crippen LogP contribution in [0.5, 0.6) is 0 Å². The maximum Gasteiger partial charge on any atom is 0.122 e. The van der Waals surface area contributed by atoms with Gasteiger partial charge in [0, 0.05) is 6.42 Å². The third-order valence-electron chi connectivity index (χ3n) is 0.776. The fraction of sp³-hybridized carbons (Fsp3) is 0.900. The molecule has 1 aliphatic heterocycles. The molecule has 0 N–H and O–H groups in total. The van der Waals surface area contributed by atoms with Crippen molar-refractivity contribution in [2.75, 3.05) is 6.61 Å². The van der Waals surface area contributed by atoms with Gasteiger partial charge in [-0.3, -0.25) is 0 Å². The fourth-order valence-electron chi connectivity index (χ4n) is 0.395. The van der Waals surface area contributed by atoms with Gasteiger partial charge in [0.05, 0.1) is 5.71 Å². The Hall–Kier alpha value is -0.530. The van der Waals surface area contributed by atoms with Crippen molar-refractivity contribution in [3.8, 4) is 0 Å². The van der Waals surface area contributed by atoms with Crippen molar-refractivity contribution in [2.45, 2.75) is 54.9 Å². The highest BCUT2D eigenvalue weighted by Gasteiger charge is 1.98. The molecule has 0 aromatic heterocycles. The van der Waals surface area contributed by atoms with Crippen LogP contribution in [-0.4, -0.2) is 12.3 Å². The molecule has 0 saturated carbocycles. The van der Waals surface area contributed by atoms with E-state index < -0.39 is 0 Å². The Morgan fingerprint density at radius 2 is 1.42 bits per heavy atom. The van der Waals surface area contributed by atoms with E-state index in [0.717, 1.165) is 18.7 Å². The van der Waals surface area contributed by atoms with Crippen molar-refractivity contribution in [3.63, 3.8) is 0 Å². The summed E-state index contributed by atoms with van der Waals surface area (Å²) in [4.78, 5) is 4.64. The lowest BCUT2D eigenvalue weighted by molar-refractivity contribution is 0.173. The molecule has 0 saturated heterocycles. The minimum absolute atomic E-state index is 0.784. The van der Waals surface area contributed by atoms with Gasteiger partial charge in [-0.2, -0.15) is 0 Å². The van der Waals surface area contributed by atoms with E-state index in [-0.39, 0.29) is 0 Å². The second-order valence-corrected chi connectivity index (χ2v) is 1.41. The summed E-state index contributed by atoms with van der Waals surface area (Å²) >= 11 is 0. The molecule has 0 spiro atoms. The average Bonchev–Trinajstić information content (AvgIpc) is 2.66. The number of oxime groups is 1. The molecular weight excluding hydrogens is 150 g/mol. The molecule has 0 atom stereocenters. The van der Waals surface area contributed by atoms with Crippen LogP contribution in [0.25, 0.3) is 0 Å². The number of nitrogens with zero attached hydrogens (tertiary/aromatic N) is 1. The molecule has 1 rings (SSSR count). The first-order valence-corrected chi connectivity index (χ1v) is 5.05. The SMILES string of the molecule is CC.CC.CC.CC1=NOCC1. The van der Waals surface area contributed by atoms with Crippen molar-refractivity contribution in [2.24, 2.45) is 5.16 Å². The van der Waals surface area contributed by atoms with Crippen molar-refractivity contribution < 1.29 is 4.84 Å². The summed E-state index contributed by atoms with van der Waals surface area (Å²) in [6.07, 6.45) is 1.01. The van der Waals surface area contributed by atoms with E-state index in [9.17, 15) is 0 Å². The molecule has 0 unspecified atom stereocenters. The van der Waals surface area contributed by atoms with Gasteiger partial charge in [-0.25, -0.2) is 0 Å². The molecule has 0 bridgehead atoms. The average molecular weight is 175 g/mol. The Labute approximate surface area is 78.0 Å². The van der Waals surface area contributed by atoms with Crippen molar-refractivity contribution in [1.29, 1.82) is 0 Å². The quantitative estimate of drug-likeness (QED) is 0.548. The molecule has 0 radical (unpaired) electrons. The van der Waals surface area contributed by atoms with Gasteiger partial charge >= 0.3 is 0 Å². The van der Waals surface area contributed by atoms with E-state index in [1.165, 1.54) is 0 Å². The molecule has 1 heterocycles. The summed E-state index contributed by atoms with van der Waals surface area (Å²) in [6, 6.07) is 0. The van der Waals surface area contributed by atoms with E-state index >= 15 is 0 Å². The van der Waals surface area contributed by atoms with Crippen LogP contribution >= 0.6 is 0 Å². The topological polar surface area (TPSA) is 21.6 Å². The molecule has 1 aliphatic rings. The summed E-state index contributed by atoms with van der Waals surface area (Å²) < 4.78 is 0. The molecular formula is C10H25NO. The van der Waals surface area contributed by atoms with E-state index in [2.05, 4.69) is 9.99 Å². The van der Waals surface area contributed by atoms with Gasteiger partial charge in [-0.15, -0.1) is 0 Å². The number of hydrogen-bond donors (Lipinski definition) is 0. The van der Waals surface area contributed by atoms with E-state index in [0.29, 0.717) is 0 Å². The van der Waals surface area contributed by atoms with Gasteiger partial charge in [0.2, 0.25) is 0 Å². The third-order valence-corrected chi connectivity index (χ3v) is 0.776. The Kier molecular flexibility index (Phi) is 32.8. The summed E-state index contributed by atoms with van der Waals surface area (Å²) in [5, 5.41) is 3.65. The first kappa shape index (κ1) is 17.5. The van der Waals surface area contributed by atoms with Gasteiger partial charge in [-0.1, -0.05) is 46.7 Å². The Balaban J connectivity index is -0.000000117. The molecule has 0 amide bonds. The summed E-state index contributed by atoms with van der Waals surface area (Å²) in [5.41, 5.74) is 1.11. The minimum Gasteiger partial charge on any atom is -0.395 e. The van der Waals surface area contributed by atoms with Crippen LogP contribution in [0.4, 0.5) is 0 Å². The molecule has 0 fully saturated rings. The molecule has 0 aliphatic carbocycles. The first-order chi connectivity index (χ1) is 5.89. The zero-order valence-electron chi connectivity index (χ0n) is 9.77. The molecule has 0 aromatic carbocycles. The summed E-state index contributed by atoms with van der Waals surface area (Å²) in [7, 11) is 0. The standard InChI is InChI=1S/C4H7NO.3C2H6/c1-4-2-3-6-5-4;3*1-2/h2-3H2,1H3;3*1-2H3. The number of rotatable bonds is 0. The van der Waals surface area contributed by atoms with Crippen LogP contribution in [0.15, 0.2) is 5.16 Å². The van der Waals surface area contributed by atoms with Gasteiger partial charge in [0.1, 0.15) is 6.61 Å². The zero-order chi connectivity index (χ0) is 10.4. The van der Waals surface area contributed by atoms with Gasteiger partial charge in [0.15, 0.2) is 0 Å². The lowest BCUT2D eigenvalue weighted by Crippen LogP contribution is -1.82. The zero-order valence-corrected chi connectivity index (χ0v) is 9.77. The molecule has 76 valence electrons. The van der Waals surface area contributed by atoms with Gasteiger partial charge < -0.3 is 4.84 Å². The Morgan fingerprint density at radius 3 is 1.50 bits per heavy atom. The molecule has 0 aromatic rings. The van der Waals surface area contributed by atoms with Crippen LogP contribution in [0.3, 0.4) is 0 Å². The lowest BCUT2D eigenvalue weighted by Gasteiger charge is -1.76. The molecule has 2 heteroatoms. The summed E-state index contributed by atoms with van der Waals surface area (Å²) in [5.74, 6) is 0. The third kappa shape index (κ3) is 16.2. The van der Waals surface area contributed by atoms with Crippen molar-refractivity contribution in [1.82, 2.24) is 0 Å². The fourth-order valence-corrected chi connectivity index (χ4v) is 0.395. The second kappa shape index (κ2) is 22.4. The lowest BCUT2D eigenvalue weighted by atomic mass is 10.3. The molecule has 12 heavy (non-hydrogen) atoms. The monoisotopic (exact) mass is 175 g/mol. The van der Waals surface area contributed by atoms with Gasteiger partial charge in [-0.05, 0) is 6.92 Å². The van der Waals surface area contributed by atoms with Crippen LogP contribution in [0.2, 0.25) is 0 Å².